The molecule has 3 rings (SSSR count). The summed E-state index contributed by atoms with van der Waals surface area (Å²) in [5.74, 6) is 0.571. The van der Waals surface area contributed by atoms with E-state index in [2.05, 4.69) is 41.5 Å². The van der Waals surface area contributed by atoms with Crippen molar-refractivity contribution in [1.29, 1.82) is 0 Å². The Labute approximate surface area is 165 Å². The topological polar surface area (TPSA) is 63.9 Å². The van der Waals surface area contributed by atoms with Crippen LogP contribution in [-0.4, -0.2) is 49.4 Å². The molecule has 0 saturated carbocycles. The van der Waals surface area contributed by atoms with Gasteiger partial charge in [-0.3, -0.25) is 4.79 Å². The molecular formula is C20H29N5OS. The van der Waals surface area contributed by atoms with Gasteiger partial charge in [0.15, 0.2) is 0 Å². The number of likely N-dealkylation sites (tertiary alicyclic amines) is 1. The number of amides is 1. The van der Waals surface area contributed by atoms with E-state index in [0.717, 1.165) is 37.9 Å². The van der Waals surface area contributed by atoms with E-state index >= 15 is 0 Å². The molecule has 27 heavy (non-hydrogen) atoms. The second-order valence-electron chi connectivity index (χ2n) is 7.08. The van der Waals surface area contributed by atoms with Crippen molar-refractivity contribution in [1.82, 2.24) is 25.1 Å². The molecular weight excluding hydrogens is 358 g/mol. The highest BCUT2D eigenvalue weighted by Gasteiger charge is 2.25. The van der Waals surface area contributed by atoms with Gasteiger partial charge in [0.25, 0.3) is 0 Å². The van der Waals surface area contributed by atoms with E-state index < -0.39 is 0 Å². The van der Waals surface area contributed by atoms with E-state index in [1.165, 1.54) is 36.6 Å². The van der Waals surface area contributed by atoms with Crippen LogP contribution >= 0.6 is 11.8 Å². The SMILES string of the molecule is CCCCc1ccc(-n2nnnc2SCC(=O)N2CCCCC2CC)cc1. The van der Waals surface area contributed by atoms with Gasteiger partial charge in [-0.05, 0) is 66.6 Å². The van der Waals surface area contributed by atoms with E-state index in [9.17, 15) is 4.79 Å². The molecule has 2 aromatic rings. The molecule has 1 atom stereocenters. The van der Waals surface area contributed by atoms with Crippen LogP contribution in [0.5, 0.6) is 0 Å². The van der Waals surface area contributed by atoms with Crippen LogP contribution in [0.2, 0.25) is 0 Å². The van der Waals surface area contributed by atoms with Crippen molar-refractivity contribution in [2.45, 2.75) is 70.0 Å². The van der Waals surface area contributed by atoms with Gasteiger partial charge in [-0.2, -0.15) is 4.68 Å². The maximum absolute atomic E-state index is 12.7. The third-order valence-electron chi connectivity index (χ3n) is 5.18. The van der Waals surface area contributed by atoms with Crippen LogP contribution in [0.4, 0.5) is 0 Å². The molecule has 146 valence electrons. The summed E-state index contributed by atoms with van der Waals surface area (Å²) >= 11 is 1.42. The Kier molecular flexibility index (Phi) is 7.26. The molecule has 6 nitrogen and oxygen atoms in total. The van der Waals surface area contributed by atoms with Crippen LogP contribution in [-0.2, 0) is 11.2 Å². The number of rotatable bonds is 8. The van der Waals surface area contributed by atoms with Crippen LogP contribution in [0.15, 0.2) is 29.4 Å². The average Bonchev–Trinajstić information content (AvgIpc) is 3.19. The van der Waals surface area contributed by atoms with Crippen molar-refractivity contribution in [2.24, 2.45) is 0 Å². The van der Waals surface area contributed by atoms with Crippen LogP contribution < -0.4 is 0 Å². The van der Waals surface area contributed by atoms with Crippen molar-refractivity contribution in [2.75, 3.05) is 12.3 Å². The lowest BCUT2D eigenvalue weighted by Crippen LogP contribution is -2.44. The zero-order chi connectivity index (χ0) is 19.1. The molecule has 1 fully saturated rings. The van der Waals surface area contributed by atoms with Crippen LogP contribution in [0.3, 0.4) is 0 Å². The number of tetrazole rings is 1. The van der Waals surface area contributed by atoms with E-state index in [1.807, 2.05) is 17.0 Å². The Morgan fingerprint density at radius 2 is 2.04 bits per heavy atom. The summed E-state index contributed by atoms with van der Waals surface area (Å²) in [7, 11) is 0. The van der Waals surface area contributed by atoms with E-state index in [1.54, 1.807) is 4.68 Å². The van der Waals surface area contributed by atoms with Gasteiger partial charge in [0.2, 0.25) is 11.1 Å². The summed E-state index contributed by atoms with van der Waals surface area (Å²) in [5.41, 5.74) is 2.26. The third-order valence-corrected chi connectivity index (χ3v) is 6.09. The number of benzene rings is 1. The minimum absolute atomic E-state index is 0.191. The van der Waals surface area contributed by atoms with Gasteiger partial charge >= 0.3 is 0 Å². The number of nitrogens with zero attached hydrogens (tertiary/aromatic N) is 5. The first-order chi connectivity index (χ1) is 13.2. The van der Waals surface area contributed by atoms with Gasteiger partial charge in [0, 0.05) is 12.6 Å². The molecule has 1 amide bonds. The fourth-order valence-corrected chi connectivity index (χ4v) is 4.36. The summed E-state index contributed by atoms with van der Waals surface area (Å²) < 4.78 is 1.72. The first-order valence-corrected chi connectivity index (χ1v) is 11.0. The molecule has 1 aromatic carbocycles. The summed E-state index contributed by atoms with van der Waals surface area (Å²) in [5, 5.41) is 12.7. The van der Waals surface area contributed by atoms with E-state index in [4.69, 9.17) is 0 Å². The first-order valence-electron chi connectivity index (χ1n) is 10.0. The number of carbonyl (C=O) groups is 1. The summed E-state index contributed by atoms with van der Waals surface area (Å²) in [4.78, 5) is 14.7. The lowest BCUT2D eigenvalue weighted by atomic mass is 10.0. The molecule has 0 radical (unpaired) electrons. The second-order valence-corrected chi connectivity index (χ2v) is 8.02. The maximum atomic E-state index is 12.7. The lowest BCUT2D eigenvalue weighted by molar-refractivity contribution is -0.132. The molecule has 0 spiro atoms. The predicted octanol–water partition coefficient (Wildman–Crippen LogP) is 3.89. The van der Waals surface area contributed by atoms with E-state index in [-0.39, 0.29) is 5.91 Å². The number of hydrogen-bond donors (Lipinski definition) is 0. The average molecular weight is 388 g/mol. The standard InChI is InChI=1S/C20H29N5OS/c1-3-5-8-16-10-12-18(13-11-16)25-20(21-22-23-25)27-15-19(26)24-14-7-6-9-17(24)4-2/h10-13,17H,3-9,14-15H2,1-2H3. The minimum atomic E-state index is 0.191. The van der Waals surface area contributed by atoms with E-state index in [0.29, 0.717) is 17.0 Å². The molecule has 2 heterocycles. The van der Waals surface area contributed by atoms with Crippen molar-refractivity contribution in [3.8, 4) is 5.69 Å². The number of piperidine rings is 1. The fraction of sp³-hybridized carbons (Fsp3) is 0.600. The lowest BCUT2D eigenvalue weighted by Gasteiger charge is -2.35. The van der Waals surface area contributed by atoms with Gasteiger partial charge in [0.05, 0.1) is 11.4 Å². The number of aryl methyl sites for hydroxylation is 1. The van der Waals surface area contributed by atoms with Crippen LogP contribution in [0, 0.1) is 0 Å². The van der Waals surface area contributed by atoms with Crippen molar-refractivity contribution in [3.63, 3.8) is 0 Å². The maximum Gasteiger partial charge on any atom is 0.233 e. The van der Waals surface area contributed by atoms with Gasteiger partial charge in [-0.15, -0.1) is 5.10 Å². The summed E-state index contributed by atoms with van der Waals surface area (Å²) in [6.45, 7) is 5.24. The largest absolute Gasteiger partial charge is 0.339 e. The third kappa shape index (κ3) is 5.09. The van der Waals surface area contributed by atoms with Gasteiger partial charge in [0.1, 0.15) is 0 Å². The molecule has 0 bridgehead atoms. The van der Waals surface area contributed by atoms with Crippen LogP contribution in [0.25, 0.3) is 5.69 Å². The zero-order valence-electron chi connectivity index (χ0n) is 16.3. The number of aromatic nitrogens is 4. The first kappa shape index (κ1) is 19.9. The normalized spacial score (nSPS) is 17.3. The smallest absolute Gasteiger partial charge is 0.233 e. The van der Waals surface area contributed by atoms with Gasteiger partial charge < -0.3 is 4.90 Å². The number of carbonyl (C=O) groups excluding carboxylic acids is 1. The Balaban J connectivity index is 1.62. The van der Waals surface area contributed by atoms with Crippen molar-refractivity contribution in [3.05, 3.63) is 29.8 Å². The number of unbranched alkanes of at least 4 members (excludes halogenated alkanes) is 1. The van der Waals surface area contributed by atoms with Gasteiger partial charge in [-0.1, -0.05) is 44.2 Å². The summed E-state index contributed by atoms with van der Waals surface area (Å²) in [6.07, 6.45) is 7.96. The predicted molar refractivity (Wildman–Crippen MR) is 108 cm³/mol. The number of hydrogen-bond acceptors (Lipinski definition) is 5. The second kappa shape index (κ2) is 9.88. The quantitative estimate of drug-likeness (QED) is 0.643. The molecule has 0 aliphatic carbocycles. The molecule has 1 saturated heterocycles. The van der Waals surface area contributed by atoms with Crippen molar-refractivity contribution >= 4 is 17.7 Å². The number of thioether (sulfide) groups is 1. The highest BCUT2D eigenvalue weighted by Crippen LogP contribution is 2.23. The molecule has 1 aliphatic rings. The Morgan fingerprint density at radius 1 is 1.22 bits per heavy atom. The molecule has 1 aromatic heterocycles. The highest BCUT2D eigenvalue weighted by atomic mass is 32.2. The molecule has 1 unspecified atom stereocenters. The zero-order valence-corrected chi connectivity index (χ0v) is 17.1. The molecule has 7 heteroatoms. The molecule has 0 N–H and O–H groups in total. The highest BCUT2D eigenvalue weighted by molar-refractivity contribution is 7.99. The minimum Gasteiger partial charge on any atom is -0.339 e. The fourth-order valence-electron chi connectivity index (χ4n) is 3.58. The Morgan fingerprint density at radius 3 is 2.78 bits per heavy atom. The monoisotopic (exact) mass is 387 g/mol. The Hall–Kier alpha value is -1.89. The van der Waals surface area contributed by atoms with Crippen LogP contribution in [0.1, 0.15) is 57.9 Å². The van der Waals surface area contributed by atoms with Gasteiger partial charge in [-0.25, -0.2) is 0 Å². The van der Waals surface area contributed by atoms with Crippen molar-refractivity contribution < 1.29 is 4.79 Å². The summed E-state index contributed by atoms with van der Waals surface area (Å²) in [6, 6.07) is 8.74. The molecule has 1 aliphatic heterocycles. The Bertz CT molecular complexity index is 730.